The van der Waals surface area contributed by atoms with Crippen LogP contribution in [0.25, 0.3) is 0 Å². The molecule has 0 fully saturated rings. The van der Waals surface area contributed by atoms with Crippen LogP contribution in [0.2, 0.25) is 0 Å². The summed E-state index contributed by atoms with van der Waals surface area (Å²) in [5, 5.41) is 0. The predicted molar refractivity (Wildman–Crippen MR) is 67.3 cm³/mol. The van der Waals surface area contributed by atoms with Crippen LogP contribution in [0.3, 0.4) is 0 Å². The van der Waals surface area contributed by atoms with Crippen LogP contribution in [0.1, 0.15) is 13.3 Å². The zero-order valence-electron chi connectivity index (χ0n) is 9.47. The summed E-state index contributed by atoms with van der Waals surface area (Å²) in [6.07, 6.45) is 4.95. The first-order valence-electron chi connectivity index (χ1n) is 4.95. The average Bonchev–Trinajstić information content (AvgIpc) is 2.24. The summed E-state index contributed by atoms with van der Waals surface area (Å²) < 4.78 is 0. The number of nitrogens with two attached hydrogens (primary N) is 1. The van der Waals surface area contributed by atoms with Gasteiger partial charge in [0, 0.05) is 19.3 Å². The molecule has 5 heteroatoms. The number of hydrogen-bond acceptors (Lipinski definition) is 5. The monoisotopic (exact) mass is 226 g/mol. The van der Waals surface area contributed by atoms with Gasteiger partial charge in [0.15, 0.2) is 0 Å². The van der Waals surface area contributed by atoms with E-state index < -0.39 is 0 Å². The lowest BCUT2D eigenvalue weighted by atomic mass is 10.2. The highest BCUT2D eigenvalue weighted by Gasteiger charge is 2.10. The molecule has 0 spiro atoms. The third-order valence-corrected chi connectivity index (χ3v) is 3.07. The van der Waals surface area contributed by atoms with Crippen molar-refractivity contribution in [2.24, 2.45) is 0 Å². The number of rotatable bonds is 5. The Morgan fingerprint density at radius 3 is 2.93 bits per heavy atom. The molecule has 1 atom stereocenters. The smallest absolute Gasteiger partial charge is 0.221 e. The van der Waals surface area contributed by atoms with E-state index in [4.69, 9.17) is 5.73 Å². The van der Waals surface area contributed by atoms with Gasteiger partial charge in [0.2, 0.25) is 5.95 Å². The van der Waals surface area contributed by atoms with Gasteiger partial charge in [0.1, 0.15) is 5.82 Å². The Labute approximate surface area is 95.3 Å². The lowest BCUT2D eigenvalue weighted by Gasteiger charge is -2.25. The average molecular weight is 226 g/mol. The molecule has 0 radical (unpaired) electrons. The molecular weight excluding hydrogens is 208 g/mol. The first-order valence-corrected chi connectivity index (χ1v) is 6.35. The molecule has 84 valence electrons. The zero-order valence-corrected chi connectivity index (χ0v) is 10.3. The van der Waals surface area contributed by atoms with Gasteiger partial charge in [0.25, 0.3) is 0 Å². The number of aromatic nitrogens is 2. The third-order valence-electron chi connectivity index (χ3n) is 2.42. The highest BCUT2D eigenvalue weighted by atomic mass is 32.2. The molecule has 0 aliphatic heterocycles. The van der Waals surface area contributed by atoms with E-state index in [-0.39, 0.29) is 0 Å². The Morgan fingerprint density at radius 1 is 1.60 bits per heavy atom. The number of nitrogen functional groups attached to an aromatic ring is 1. The molecule has 2 N–H and O–H groups in total. The van der Waals surface area contributed by atoms with Crippen LogP contribution in [-0.2, 0) is 0 Å². The summed E-state index contributed by atoms with van der Waals surface area (Å²) >= 11 is 1.86. The molecule has 0 aromatic carbocycles. The van der Waals surface area contributed by atoms with E-state index in [1.807, 2.05) is 24.9 Å². The van der Waals surface area contributed by atoms with Crippen LogP contribution in [0.15, 0.2) is 12.3 Å². The van der Waals surface area contributed by atoms with Crippen molar-refractivity contribution in [3.8, 4) is 0 Å². The van der Waals surface area contributed by atoms with Crippen LogP contribution in [0.5, 0.6) is 0 Å². The number of anilines is 2. The molecule has 1 rings (SSSR count). The van der Waals surface area contributed by atoms with Gasteiger partial charge in [-0.05, 0) is 31.4 Å². The second kappa shape index (κ2) is 5.80. The minimum absolute atomic E-state index is 0.330. The Bertz CT molecular complexity index is 305. The highest BCUT2D eigenvalue weighted by molar-refractivity contribution is 7.98. The Kier molecular flexibility index (Phi) is 4.68. The molecule has 0 aliphatic rings. The fraction of sp³-hybridized carbons (Fsp3) is 0.600. The van der Waals surface area contributed by atoms with E-state index in [0.29, 0.717) is 12.0 Å². The Morgan fingerprint density at radius 2 is 2.33 bits per heavy atom. The van der Waals surface area contributed by atoms with Crippen molar-refractivity contribution in [3.63, 3.8) is 0 Å². The lowest BCUT2D eigenvalue weighted by molar-refractivity contribution is 0.662. The van der Waals surface area contributed by atoms with Crippen molar-refractivity contribution in [2.45, 2.75) is 19.4 Å². The summed E-state index contributed by atoms with van der Waals surface area (Å²) in [4.78, 5) is 10.2. The van der Waals surface area contributed by atoms with E-state index in [1.54, 1.807) is 6.20 Å². The van der Waals surface area contributed by atoms with E-state index in [0.717, 1.165) is 18.0 Å². The minimum Gasteiger partial charge on any atom is -0.368 e. The maximum atomic E-state index is 5.54. The second-order valence-electron chi connectivity index (χ2n) is 3.51. The molecule has 0 saturated carbocycles. The largest absolute Gasteiger partial charge is 0.368 e. The van der Waals surface area contributed by atoms with Crippen molar-refractivity contribution in [1.29, 1.82) is 0 Å². The molecule has 4 nitrogen and oxygen atoms in total. The number of thioether (sulfide) groups is 1. The molecule has 15 heavy (non-hydrogen) atoms. The van der Waals surface area contributed by atoms with Gasteiger partial charge < -0.3 is 10.6 Å². The molecule has 0 aliphatic carbocycles. The topological polar surface area (TPSA) is 55.0 Å². The zero-order chi connectivity index (χ0) is 11.3. The van der Waals surface area contributed by atoms with Crippen molar-refractivity contribution in [1.82, 2.24) is 9.97 Å². The van der Waals surface area contributed by atoms with Gasteiger partial charge in [-0.1, -0.05) is 0 Å². The van der Waals surface area contributed by atoms with Crippen LogP contribution >= 0.6 is 11.8 Å². The van der Waals surface area contributed by atoms with Crippen LogP contribution in [0.4, 0.5) is 11.8 Å². The van der Waals surface area contributed by atoms with Gasteiger partial charge in [0.05, 0.1) is 0 Å². The minimum atomic E-state index is 0.330. The molecule has 0 amide bonds. The molecule has 1 heterocycles. The van der Waals surface area contributed by atoms with Crippen molar-refractivity contribution >= 4 is 23.5 Å². The summed E-state index contributed by atoms with van der Waals surface area (Å²) in [6.45, 7) is 2.19. The summed E-state index contributed by atoms with van der Waals surface area (Å²) in [5.74, 6) is 2.37. The van der Waals surface area contributed by atoms with Crippen LogP contribution < -0.4 is 10.6 Å². The normalized spacial score (nSPS) is 12.5. The fourth-order valence-electron chi connectivity index (χ4n) is 1.27. The van der Waals surface area contributed by atoms with Crippen LogP contribution in [-0.4, -0.2) is 35.1 Å². The lowest BCUT2D eigenvalue weighted by Crippen LogP contribution is -2.30. The SMILES string of the molecule is CSCCC(C)N(C)c1ccnc(N)n1. The van der Waals surface area contributed by atoms with Gasteiger partial charge in [-0.25, -0.2) is 4.98 Å². The molecule has 1 aromatic rings. The molecule has 0 bridgehead atoms. The molecule has 1 unspecified atom stereocenters. The predicted octanol–water partition coefficient (Wildman–Crippen LogP) is 1.64. The van der Waals surface area contributed by atoms with Crippen molar-refractivity contribution < 1.29 is 0 Å². The van der Waals surface area contributed by atoms with Crippen molar-refractivity contribution in [2.75, 3.05) is 29.7 Å². The maximum absolute atomic E-state index is 5.54. The highest BCUT2D eigenvalue weighted by Crippen LogP contribution is 2.14. The quantitative estimate of drug-likeness (QED) is 0.827. The summed E-state index contributed by atoms with van der Waals surface area (Å²) in [7, 11) is 2.03. The van der Waals surface area contributed by atoms with E-state index >= 15 is 0 Å². The maximum Gasteiger partial charge on any atom is 0.221 e. The second-order valence-corrected chi connectivity index (χ2v) is 4.50. The first kappa shape index (κ1) is 12.1. The standard InChI is InChI=1S/C10H18N4S/c1-8(5-7-15-3)14(2)9-4-6-12-10(11)13-9/h4,6,8H,5,7H2,1-3H3,(H2,11,12,13). The summed E-state index contributed by atoms with van der Waals surface area (Å²) in [5.41, 5.74) is 5.54. The first-order chi connectivity index (χ1) is 7.15. The van der Waals surface area contributed by atoms with Gasteiger partial charge >= 0.3 is 0 Å². The van der Waals surface area contributed by atoms with E-state index in [1.165, 1.54) is 0 Å². The molecule has 0 saturated heterocycles. The number of hydrogen-bond donors (Lipinski definition) is 1. The summed E-state index contributed by atoms with van der Waals surface area (Å²) in [6, 6.07) is 2.35. The number of nitrogens with zero attached hydrogens (tertiary/aromatic N) is 3. The molecule has 1 aromatic heterocycles. The van der Waals surface area contributed by atoms with Gasteiger partial charge in [-0.15, -0.1) is 0 Å². The molecular formula is C10H18N4S. The van der Waals surface area contributed by atoms with Crippen molar-refractivity contribution in [3.05, 3.63) is 12.3 Å². The third kappa shape index (κ3) is 3.58. The fourth-order valence-corrected chi connectivity index (χ4v) is 1.84. The Balaban J connectivity index is 2.62. The van der Waals surface area contributed by atoms with Crippen LogP contribution in [0, 0.1) is 0 Å². The van der Waals surface area contributed by atoms with E-state index in [2.05, 4.69) is 28.0 Å². The van der Waals surface area contributed by atoms with Gasteiger partial charge in [-0.3, -0.25) is 0 Å². The van der Waals surface area contributed by atoms with Gasteiger partial charge in [-0.2, -0.15) is 16.7 Å². The van der Waals surface area contributed by atoms with E-state index in [9.17, 15) is 0 Å². The Hall–Kier alpha value is -0.970.